The fourth-order valence-electron chi connectivity index (χ4n) is 3.59. The first-order valence-corrected chi connectivity index (χ1v) is 8.69. The van der Waals surface area contributed by atoms with Gasteiger partial charge < -0.3 is 9.88 Å². The number of imidazole rings is 1. The van der Waals surface area contributed by atoms with Gasteiger partial charge in [0, 0.05) is 19.4 Å². The molecule has 0 saturated carbocycles. The van der Waals surface area contributed by atoms with Gasteiger partial charge >= 0.3 is 0 Å². The Morgan fingerprint density at radius 2 is 2.00 bits per heavy atom. The van der Waals surface area contributed by atoms with Gasteiger partial charge in [0.15, 0.2) is 0 Å². The molecule has 5 heteroatoms. The molecule has 3 aromatic rings. The zero-order valence-corrected chi connectivity index (χ0v) is 13.9. The summed E-state index contributed by atoms with van der Waals surface area (Å²) >= 11 is 0. The molecule has 4 nitrogen and oxygen atoms in total. The number of amides is 1. The van der Waals surface area contributed by atoms with Crippen LogP contribution in [-0.4, -0.2) is 27.3 Å². The number of carbonyl (C=O) groups excluding carboxylic acids is 1. The molecule has 1 saturated heterocycles. The van der Waals surface area contributed by atoms with Gasteiger partial charge in [-0.2, -0.15) is 0 Å². The average molecular weight is 337 g/mol. The topological polar surface area (TPSA) is 49.0 Å². The van der Waals surface area contributed by atoms with Crippen molar-refractivity contribution in [3.8, 4) is 0 Å². The van der Waals surface area contributed by atoms with Gasteiger partial charge in [-0.15, -0.1) is 0 Å². The third-order valence-corrected chi connectivity index (χ3v) is 4.84. The molecule has 2 aromatic carbocycles. The van der Waals surface area contributed by atoms with Crippen molar-refractivity contribution in [3.63, 3.8) is 0 Å². The van der Waals surface area contributed by atoms with Crippen LogP contribution in [0.2, 0.25) is 0 Å². The van der Waals surface area contributed by atoms with Gasteiger partial charge in [0.05, 0.1) is 17.1 Å². The maximum atomic E-state index is 13.1. The summed E-state index contributed by atoms with van der Waals surface area (Å²) in [4.78, 5) is 22.4. The van der Waals surface area contributed by atoms with Crippen molar-refractivity contribution in [2.45, 2.75) is 31.7 Å². The van der Waals surface area contributed by atoms with E-state index >= 15 is 0 Å². The minimum absolute atomic E-state index is 0.0590. The lowest BCUT2D eigenvalue weighted by Crippen LogP contribution is -2.30. The summed E-state index contributed by atoms with van der Waals surface area (Å²) in [5.41, 5.74) is 2.93. The summed E-state index contributed by atoms with van der Waals surface area (Å²) in [6, 6.07) is 14.4. The first-order chi connectivity index (χ1) is 12.2. The van der Waals surface area contributed by atoms with Gasteiger partial charge in [-0.05, 0) is 42.7 Å². The third-order valence-electron chi connectivity index (χ3n) is 4.84. The van der Waals surface area contributed by atoms with E-state index in [1.54, 1.807) is 12.1 Å². The molecule has 4 rings (SSSR count). The highest BCUT2D eigenvalue weighted by atomic mass is 19.1. The molecular weight excluding hydrogens is 317 g/mol. The lowest BCUT2D eigenvalue weighted by Gasteiger charge is -2.25. The standard InChI is InChI=1S/C20H20FN3O/c21-15-9-7-14(8-10-15)18-6-3-13-24(18)20(25)12-11-19-22-16-4-1-2-5-17(16)23-19/h1-2,4-5,7-10,18H,3,6,11-13H2,(H,22,23)/t18-/m0/s1. The van der Waals surface area contributed by atoms with Gasteiger partial charge in [0.2, 0.25) is 5.91 Å². The number of nitrogens with zero attached hydrogens (tertiary/aromatic N) is 2. The zero-order chi connectivity index (χ0) is 17.2. The summed E-state index contributed by atoms with van der Waals surface area (Å²) in [7, 11) is 0. The van der Waals surface area contributed by atoms with Crippen LogP contribution in [0.15, 0.2) is 48.5 Å². The Morgan fingerprint density at radius 3 is 2.80 bits per heavy atom. The monoisotopic (exact) mass is 337 g/mol. The van der Waals surface area contributed by atoms with Crippen molar-refractivity contribution in [3.05, 3.63) is 65.7 Å². The third kappa shape index (κ3) is 3.27. The van der Waals surface area contributed by atoms with Crippen molar-refractivity contribution in [1.29, 1.82) is 0 Å². The normalized spacial score (nSPS) is 17.3. The van der Waals surface area contributed by atoms with Crippen LogP contribution < -0.4 is 0 Å². The first-order valence-electron chi connectivity index (χ1n) is 8.69. The fourth-order valence-corrected chi connectivity index (χ4v) is 3.59. The number of fused-ring (bicyclic) bond motifs is 1. The second kappa shape index (κ2) is 6.67. The maximum absolute atomic E-state index is 13.1. The van der Waals surface area contributed by atoms with E-state index in [0.717, 1.165) is 41.8 Å². The molecule has 0 spiro atoms. The summed E-state index contributed by atoms with van der Waals surface area (Å²) < 4.78 is 13.1. The van der Waals surface area contributed by atoms with Gasteiger partial charge in [-0.1, -0.05) is 24.3 Å². The number of hydrogen-bond acceptors (Lipinski definition) is 2. The predicted octanol–water partition coefficient (Wildman–Crippen LogP) is 4.00. The molecule has 128 valence electrons. The van der Waals surface area contributed by atoms with Crippen molar-refractivity contribution in [2.24, 2.45) is 0 Å². The van der Waals surface area contributed by atoms with Crippen LogP contribution in [0.4, 0.5) is 4.39 Å². The highest BCUT2D eigenvalue weighted by molar-refractivity contribution is 5.78. The Hall–Kier alpha value is -2.69. The van der Waals surface area contributed by atoms with E-state index in [1.807, 2.05) is 29.2 Å². The number of aromatic nitrogens is 2. The van der Waals surface area contributed by atoms with Gasteiger partial charge in [-0.25, -0.2) is 9.37 Å². The second-order valence-corrected chi connectivity index (χ2v) is 6.50. The van der Waals surface area contributed by atoms with E-state index in [0.29, 0.717) is 12.8 Å². The van der Waals surface area contributed by atoms with Gasteiger partial charge in [0.25, 0.3) is 0 Å². The molecule has 0 bridgehead atoms. The number of H-pyrrole nitrogens is 1. The van der Waals surface area contributed by atoms with Crippen molar-refractivity contribution >= 4 is 16.9 Å². The Labute approximate surface area is 145 Å². The highest BCUT2D eigenvalue weighted by Gasteiger charge is 2.29. The zero-order valence-electron chi connectivity index (χ0n) is 13.9. The molecule has 1 fully saturated rings. The van der Waals surface area contributed by atoms with Crippen LogP contribution in [-0.2, 0) is 11.2 Å². The Balaban J connectivity index is 1.43. The van der Waals surface area contributed by atoms with Crippen molar-refractivity contribution in [2.75, 3.05) is 6.54 Å². The lowest BCUT2D eigenvalue weighted by atomic mass is 10.0. The number of carbonyl (C=O) groups is 1. The SMILES string of the molecule is O=C(CCc1nc2ccccc2[nH]1)N1CCC[C@H]1c1ccc(F)cc1. The van der Waals surface area contributed by atoms with E-state index in [9.17, 15) is 9.18 Å². The number of para-hydroxylation sites is 2. The highest BCUT2D eigenvalue weighted by Crippen LogP contribution is 2.32. The minimum atomic E-state index is -0.246. The molecule has 1 aromatic heterocycles. The minimum Gasteiger partial charge on any atom is -0.342 e. The fraction of sp³-hybridized carbons (Fsp3) is 0.300. The molecule has 1 aliphatic heterocycles. The number of hydrogen-bond donors (Lipinski definition) is 1. The molecule has 1 atom stereocenters. The Bertz CT molecular complexity index is 854. The van der Waals surface area contributed by atoms with Crippen LogP contribution in [0.3, 0.4) is 0 Å². The van der Waals surface area contributed by atoms with Crippen LogP contribution in [0.1, 0.15) is 36.7 Å². The molecule has 0 radical (unpaired) electrons. The number of nitrogens with one attached hydrogen (secondary N) is 1. The van der Waals surface area contributed by atoms with E-state index in [-0.39, 0.29) is 17.8 Å². The summed E-state index contributed by atoms with van der Waals surface area (Å²) in [6.07, 6.45) is 2.94. The second-order valence-electron chi connectivity index (χ2n) is 6.50. The number of aryl methyl sites for hydroxylation is 1. The van der Waals surface area contributed by atoms with E-state index < -0.39 is 0 Å². The number of halogens is 1. The molecule has 2 heterocycles. The number of likely N-dealkylation sites (tertiary alicyclic amines) is 1. The van der Waals surface area contributed by atoms with Crippen LogP contribution in [0.5, 0.6) is 0 Å². The first kappa shape index (κ1) is 15.8. The maximum Gasteiger partial charge on any atom is 0.223 e. The van der Waals surface area contributed by atoms with Crippen LogP contribution >= 0.6 is 0 Å². The smallest absolute Gasteiger partial charge is 0.223 e. The summed E-state index contributed by atoms with van der Waals surface area (Å²) in [6.45, 7) is 0.765. The number of benzene rings is 2. The molecule has 0 aliphatic carbocycles. The van der Waals surface area contributed by atoms with Crippen molar-refractivity contribution in [1.82, 2.24) is 14.9 Å². The van der Waals surface area contributed by atoms with Crippen molar-refractivity contribution < 1.29 is 9.18 Å². The Morgan fingerprint density at radius 1 is 1.20 bits per heavy atom. The molecule has 0 unspecified atom stereocenters. The lowest BCUT2D eigenvalue weighted by molar-refractivity contribution is -0.132. The van der Waals surface area contributed by atoms with E-state index in [4.69, 9.17) is 0 Å². The number of aromatic amines is 1. The summed E-state index contributed by atoms with van der Waals surface area (Å²) in [5, 5.41) is 0. The average Bonchev–Trinajstić information content (AvgIpc) is 3.27. The largest absolute Gasteiger partial charge is 0.342 e. The van der Waals surface area contributed by atoms with Crippen LogP contribution in [0.25, 0.3) is 11.0 Å². The van der Waals surface area contributed by atoms with E-state index in [2.05, 4.69) is 9.97 Å². The number of rotatable bonds is 4. The molecule has 1 N–H and O–H groups in total. The van der Waals surface area contributed by atoms with Gasteiger partial charge in [-0.3, -0.25) is 4.79 Å². The van der Waals surface area contributed by atoms with E-state index in [1.165, 1.54) is 12.1 Å². The molecule has 1 amide bonds. The molecule has 1 aliphatic rings. The van der Waals surface area contributed by atoms with Crippen LogP contribution in [0, 0.1) is 5.82 Å². The summed E-state index contributed by atoms with van der Waals surface area (Å²) in [5.74, 6) is 0.726. The Kier molecular flexibility index (Phi) is 4.22. The van der Waals surface area contributed by atoms with Gasteiger partial charge in [0.1, 0.15) is 11.6 Å². The predicted molar refractivity (Wildman–Crippen MR) is 94.5 cm³/mol. The quantitative estimate of drug-likeness (QED) is 0.782. The molecular formula is C20H20FN3O. The molecule has 25 heavy (non-hydrogen) atoms.